The number of carbonyl (C=O) groups is 1. The zero-order valence-electron chi connectivity index (χ0n) is 13.9. The van der Waals surface area contributed by atoms with Crippen molar-refractivity contribution in [2.45, 2.75) is 25.3 Å². The molecule has 3 rings (SSSR count). The average molecular weight is 354 g/mol. The molecule has 5 nitrogen and oxygen atoms in total. The zero-order valence-corrected chi connectivity index (χ0v) is 14.7. The predicted octanol–water partition coefficient (Wildman–Crippen LogP) is 2.91. The Balaban J connectivity index is 1.72. The summed E-state index contributed by atoms with van der Waals surface area (Å²) in [6.07, 6.45) is 2.89. The van der Waals surface area contributed by atoms with Gasteiger partial charge in [-0.15, -0.1) is 0 Å². The maximum atomic E-state index is 12.8. The predicted molar refractivity (Wildman–Crippen MR) is 91.7 cm³/mol. The molecule has 0 bridgehead atoms. The Morgan fingerprint density at radius 3 is 2.71 bits per heavy atom. The molecule has 0 aliphatic carbocycles. The van der Waals surface area contributed by atoms with E-state index in [-0.39, 0.29) is 11.9 Å². The molecule has 2 fully saturated rings. The van der Waals surface area contributed by atoms with Crippen LogP contribution in [0, 0.1) is 11.8 Å². The summed E-state index contributed by atoms with van der Waals surface area (Å²) in [6, 6.07) is 5.20. The van der Waals surface area contributed by atoms with Crippen LogP contribution in [0.3, 0.4) is 0 Å². The standard InChI is InChI=1S/C18H24ClNO4/c1-22-17-3-2-13(19)10-14(17)18(21)20-16-6-9-24-11-15(16)12-4-7-23-8-5-12/h2-3,10,12,15-16H,4-9,11H2,1H3,(H,20,21)/t15-,16-/m0/s1. The van der Waals surface area contributed by atoms with Crippen molar-refractivity contribution in [1.29, 1.82) is 0 Å². The Kier molecular flexibility index (Phi) is 5.98. The SMILES string of the molecule is COc1ccc(Cl)cc1C(=O)N[C@H]1CCOC[C@H]1C1CCOCC1. The second-order valence-electron chi connectivity index (χ2n) is 6.40. The van der Waals surface area contributed by atoms with E-state index in [9.17, 15) is 4.79 Å². The summed E-state index contributed by atoms with van der Waals surface area (Å²) in [5, 5.41) is 3.71. The first-order valence-electron chi connectivity index (χ1n) is 8.49. The highest BCUT2D eigenvalue weighted by Gasteiger charge is 2.34. The largest absolute Gasteiger partial charge is 0.496 e. The van der Waals surface area contributed by atoms with Gasteiger partial charge in [0.05, 0.1) is 19.3 Å². The summed E-state index contributed by atoms with van der Waals surface area (Å²) in [4.78, 5) is 12.8. The number of methoxy groups -OCH3 is 1. The third-order valence-corrected chi connectivity index (χ3v) is 5.23. The molecule has 0 radical (unpaired) electrons. The van der Waals surface area contributed by atoms with E-state index in [0.717, 1.165) is 32.5 Å². The van der Waals surface area contributed by atoms with E-state index < -0.39 is 0 Å². The Morgan fingerprint density at radius 1 is 1.21 bits per heavy atom. The molecule has 1 amide bonds. The molecular weight excluding hydrogens is 330 g/mol. The number of benzene rings is 1. The quantitative estimate of drug-likeness (QED) is 0.904. The van der Waals surface area contributed by atoms with E-state index in [1.165, 1.54) is 0 Å². The van der Waals surface area contributed by atoms with Crippen molar-refractivity contribution < 1.29 is 19.0 Å². The second-order valence-corrected chi connectivity index (χ2v) is 6.84. The van der Waals surface area contributed by atoms with Crippen LogP contribution in [0.15, 0.2) is 18.2 Å². The molecule has 2 atom stereocenters. The molecule has 0 unspecified atom stereocenters. The molecule has 1 N–H and O–H groups in total. The highest BCUT2D eigenvalue weighted by molar-refractivity contribution is 6.31. The summed E-state index contributed by atoms with van der Waals surface area (Å²) in [7, 11) is 1.55. The molecule has 2 saturated heterocycles. The summed E-state index contributed by atoms with van der Waals surface area (Å²) >= 11 is 6.04. The molecule has 0 aromatic heterocycles. The van der Waals surface area contributed by atoms with Crippen LogP contribution in [-0.4, -0.2) is 45.5 Å². The molecule has 0 spiro atoms. The van der Waals surface area contributed by atoms with Gasteiger partial charge in [0.25, 0.3) is 5.91 Å². The van der Waals surface area contributed by atoms with E-state index in [1.54, 1.807) is 25.3 Å². The van der Waals surface area contributed by atoms with Gasteiger partial charge in [-0.05, 0) is 43.4 Å². The monoisotopic (exact) mass is 353 g/mol. The number of halogens is 1. The van der Waals surface area contributed by atoms with E-state index in [1.807, 2.05) is 0 Å². The summed E-state index contributed by atoms with van der Waals surface area (Å²) in [5.41, 5.74) is 0.474. The fourth-order valence-electron chi connectivity index (χ4n) is 3.65. The van der Waals surface area contributed by atoms with Crippen molar-refractivity contribution in [1.82, 2.24) is 5.32 Å². The molecule has 2 aliphatic rings. The topological polar surface area (TPSA) is 56.8 Å². The van der Waals surface area contributed by atoms with Gasteiger partial charge < -0.3 is 19.5 Å². The zero-order chi connectivity index (χ0) is 16.9. The van der Waals surface area contributed by atoms with Crippen molar-refractivity contribution in [3.8, 4) is 5.75 Å². The first kappa shape index (κ1) is 17.5. The first-order chi connectivity index (χ1) is 11.7. The molecule has 1 aromatic rings. The minimum atomic E-state index is -0.140. The van der Waals surface area contributed by atoms with Crippen molar-refractivity contribution in [2.24, 2.45) is 11.8 Å². The van der Waals surface area contributed by atoms with E-state index in [4.69, 9.17) is 25.8 Å². The Labute approximate surface area is 147 Å². The summed E-state index contributed by atoms with van der Waals surface area (Å²) in [5.74, 6) is 1.26. The number of nitrogens with one attached hydrogen (secondary N) is 1. The number of amides is 1. The molecule has 2 heterocycles. The van der Waals surface area contributed by atoms with Crippen molar-refractivity contribution in [2.75, 3.05) is 33.5 Å². The van der Waals surface area contributed by atoms with Crippen LogP contribution in [0.2, 0.25) is 5.02 Å². The van der Waals surface area contributed by atoms with Crippen molar-refractivity contribution in [3.05, 3.63) is 28.8 Å². The number of hydrogen-bond donors (Lipinski definition) is 1. The van der Waals surface area contributed by atoms with Crippen molar-refractivity contribution in [3.63, 3.8) is 0 Å². The Morgan fingerprint density at radius 2 is 1.96 bits per heavy atom. The minimum Gasteiger partial charge on any atom is -0.496 e. The van der Waals surface area contributed by atoms with Gasteiger partial charge in [0.15, 0.2) is 0 Å². The van der Waals surface area contributed by atoms with Crippen LogP contribution in [0.5, 0.6) is 5.75 Å². The lowest BCUT2D eigenvalue weighted by atomic mass is 9.79. The van der Waals surface area contributed by atoms with Crippen LogP contribution in [0.1, 0.15) is 29.6 Å². The summed E-state index contributed by atoms with van der Waals surface area (Å²) < 4.78 is 16.4. The molecule has 132 valence electrons. The lowest BCUT2D eigenvalue weighted by Crippen LogP contribution is -2.49. The van der Waals surface area contributed by atoms with E-state index in [0.29, 0.717) is 41.4 Å². The first-order valence-corrected chi connectivity index (χ1v) is 8.86. The van der Waals surface area contributed by atoms with Crippen LogP contribution in [0.25, 0.3) is 0 Å². The Hall–Kier alpha value is -1.30. The number of carbonyl (C=O) groups excluding carboxylic acids is 1. The fraction of sp³-hybridized carbons (Fsp3) is 0.611. The van der Waals surface area contributed by atoms with Crippen molar-refractivity contribution >= 4 is 17.5 Å². The van der Waals surface area contributed by atoms with Gasteiger partial charge in [-0.25, -0.2) is 0 Å². The number of ether oxygens (including phenoxy) is 3. The second kappa shape index (κ2) is 8.19. The fourth-order valence-corrected chi connectivity index (χ4v) is 3.82. The molecule has 2 aliphatic heterocycles. The lowest BCUT2D eigenvalue weighted by molar-refractivity contribution is -0.0259. The third kappa shape index (κ3) is 4.02. The van der Waals surface area contributed by atoms with E-state index in [2.05, 4.69) is 5.32 Å². The maximum absolute atomic E-state index is 12.8. The highest BCUT2D eigenvalue weighted by atomic mass is 35.5. The molecule has 1 aromatic carbocycles. The average Bonchev–Trinajstić information content (AvgIpc) is 2.63. The van der Waals surface area contributed by atoms with Crippen LogP contribution < -0.4 is 10.1 Å². The minimum absolute atomic E-state index is 0.109. The van der Waals surface area contributed by atoms with Gasteiger partial charge in [0.1, 0.15) is 5.75 Å². The maximum Gasteiger partial charge on any atom is 0.255 e. The highest BCUT2D eigenvalue weighted by Crippen LogP contribution is 2.31. The Bertz CT molecular complexity index is 574. The van der Waals surface area contributed by atoms with Gasteiger partial charge in [-0.3, -0.25) is 4.79 Å². The smallest absolute Gasteiger partial charge is 0.255 e. The lowest BCUT2D eigenvalue weighted by Gasteiger charge is -2.39. The third-order valence-electron chi connectivity index (χ3n) is 4.99. The van der Waals surface area contributed by atoms with Crippen LogP contribution >= 0.6 is 11.6 Å². The van der Waals surface area contributed by atoms with Gasteiger partial charge in [0, 0.05) is 36.8 Å². The van der Waals surface area contributed by atoms with E-state index >= 15 is 0 Å². The summed E-state index contributed by atoms with van der Waals surface area (Å²) in [6.45, 7) is 2.97. The van der Waals surface area contributed by atoms with Gasteiger partial charge in [-0.2, -0.15) is 0 Å². The van der Waals surface area contributed by atoms with Gasteiger partial charge in [0.2, 0.25) is 0 Å². The van der Waals surface area contributed by atoms with Crippen LogP contribution in [0.4, 0.5) is 0 Å². The molecule has 0 saturated carbocycles. The molecular formula is C18H24ClNO4. The number of rotatable bonds is 4. The van der Waals surface area contributed by atoms with Crippen LogP contribution in [-0.2, 0) is 9.47 Å². The number of hydrogen-bond acceptors (Lipinski definition) is 4. The molecule has 24 heavy (non-hydrogen) atoms. The van der Waals surface area contributed by atoms with Gasteiger partial charge >= 0.3 is 0 Å². The van der Waals surface area contributed by atoms with Gasteiger partial charge in [-0.1, -0.05) is 11.6 Å². The normalized spacial score (nSPS) is 25.2. The molecule has 6 heteroatoms.